The van der Waals surface area contributed by atoms with Crippen molar-refractivity contribution in [1.29, 1.82) is 0 Å². The molecular formula is C10H6N8S2. The molecule has 0 aromatic carbocycles. The number of aromatic nitrogens is 8. The summed E-state index contributed by atoms with van der Waals surface area (Å²) < 4.78 is 0.401. The number of aromatic amines is 3. The van der Waals surface area contributed by atoms with E-state index in [0.29, 0.717) is 21.2 Å². The Bertz CT molecular complexity index is 968. The van der Waals surface area contributed by atoms with Crippen LogP contribution in [0.2, 0.25) is 0 Å². The molecular weight excluding hydrogens is 296 g/mol. The third-order valence-electron chi connectivity index (χ3n) is 2.63. The highest BCUT2D eigenvalue weighted by Gasteiger charge is 2.11. The quantitative estimate of drug-likeness (QED) is 0.382. The SMILES string of the molecule is S=c1ncc2[nH]c(Sc3ncnc4nc[nH]c34)nc2[nH]1. The van der Waals surface area contributed by atoms with Crippen LogP contribution >= 0.6 is 24.0 Å². The predicted molar refractivity (Wildman–Crippen MR) is 74.9 cm³/mol. The van der Waals surface area contributed by atoms with E-state index in [4.69, 9.17) is 12.2 Å². The molecule has 8 nitrogen and oxygen atoms in total. The Morgan fingerprint density at radius 3 is 3.00 bits per heavy atom. The van der Waals surface area contributed by atoms with Crippen molar-refractivity contribution in [3.05, 3.63) is 23.6 Å². The number of hydrogen-bond donors (Lipinski definition) is 3. The van der Waals surface area contributed by atoms with E-state index in [9.17, 15) is 0 Å². The fourth-order valence-corrected chi connectivity index (χ4v) is 2.75. The molecule has 0 radical (unpaired) electrons. The third kappa shape index (κ3) is 1.85. The summed E-state index contributed by atoms with van der Waals surface area (Å²) in [6.07, 6.45) is 4.71. The van der Waals surface area contributed by atoms with Crippen LogP contribution in [0.15, 0.2) is 29.0 Å². The molecule has 0 unspecified atom stereocenters. The lowest BCUT2D eigenvalue weighted by Crippen LogP contribution is -1.86. The minimum Gasteiger partial charge on any atom is -0.341 e. The van der Waals surface area contributed by atoms with Crippen LogP contribution in [-0.2, 0) is 0 Å². The molecule has 0 bridgehead atoms. The van der Waals surface area contributed by atoms with Crippen molar-refractivity contribution in [3.8, 4) is 0 Å². The average molecular weight is 302 g/mol. The predicted octanol–water partition coefficient (Wildman–Crippen LogP) is 1.83. The van der Waals surface area contributed by atoms with Gasteiger partial charge in [0.2, 0.25) is 0 Å². The fourth-order valence-electron chi connectivity index (χ4n) is 1.77. The largest absolute Gasteiger partial charge is 0.341 e. The van der Waals surface area contributed by atoms with Crippen LogP contribution < -0.4 is 0 Å². The molecule has 0 aliphatic rings. The standard InChI is InChI=1S/C10H6N8S2/c19-9-11-1-4-6(17-9)18-10(16-4)20-8-5-7(13-2-12-5)14-3-15-8/h1-3H,(H,12,13,14,15)(H2,11,16,17,18,19). The maximum absolute atomic E-state index is 4.97. The average Bonchev–Trinajstić information content (AvgIpc) is 3.04. The van der Waals surface area contributed by atoms with E-state index in [2.05, 4.69) is 39.9 Å². The number of nitrogens with one attached hydrogen (secondary N) is 3. The summed E-state index contributed by atoms with van der Waals surface area (Å²) >= 11 is 6.35. The number of imidazole rings is 2. The Hall–Kier alpha value is -2.33. The van der Waals surface area contributed by atoms with Crippen LogP contribution in [0.5, 0.6) is 0 Å². The maximum Gasteiger partial charge on any atom is 0.198 e. The summed E-state index contributed by atoms with van der Waals surface area (Å²) in [5.41, 5.74) is 2.86. The van der Waals surface area contributed by atoms with Gasteiger partial charge < -0.3 is 15.0 Å². The number of nitrogens with zero attached hydrogens (tertiary/aromatic N) is 5. The Kier molecular flexibility index (Phi) is 2.50. The van der Waals surface area contributed by atoms with Crippen LogP contribution in [-0.4, -0.2) is 39.9 Å². The summed E-state index contributed by atoms with van der Waals surface area (Å²) in [6, 6.07) is 0. The molecule has 98 valence electrons. The Labute approximate surface area is 120 Å². The van der Waals surface area contributed by atoms with Gasteiger partial charge in [-0.25, -0.2) is 24.9 Å². The topological polar surface area (TPSA) is 112 Å². The van der Waals surface area contributed by atoms with E-state index >= 15 is 0 Å². The maximum atomic E-state index is 4.97. The van der Waals surface area contributed by atoms with Crippen molar-refractivity contribution < 1.29 is 0 Å². The summed E-state index contributed by atoms with van der Waals surface area (Å²) in [5, 5.41) is 1.44. The van der Waals surface area contributed by atoms with E-state index in [1.165, 1.54) is 18.1 Å². The zero-order valence-electron chi connectivity index (χ0n) is 9.78. The monoisotopic (exact) mass is 302 g/mol. The molecule has 0 fully saturated rings. The highest BCUT2D eigenvalue weighted by molar-refractivity contribution is 7.99. The second-order valence-electron chi connectivity index (χ2n) is 3.87. The first kappa shape index (κ1) is 11.5. The minimum absolute atomic E-state index is 0.401. The normalized spacial score (nSPS) is 11.4. The molecule has 0 atom stereocenters. The van der Waals surface area contributed by atoms with Crippen molar-refractivity contribution in [3.63, 3.8) is 0 Å². The molecule has 0 spiro atoms. The lowest BCUT2D eigenvalue weighted by atomic mass is 10.6. The summed E-state index contributed by atoms with van der Waals surface area (Å²) in [5.74, 6) is 0. The van der Waals surface area contributed by atoms with Crippen molar-refractivity contribution >= 4 is 46.3 Å². The van der Waals surface area contributed by atoms with Gasteiger partial charge in [-0.15, -0.1) is 0 Å². The number of rotatable bonds is 2. The highest BCUT2D eigenvalue weighted by Crippen LogP contribution is 2.28. The van der Waals surface area contributed by atoms with E-state index < -0.39 is 0 Å². The highest BCUT2D eigenvalue weighted by atomic mass is 32.2. The molecule has 3 N–H and O–H groups in total. The van der Waals surface area contributed by atoms with Gasteiger partial charge in [0.15, 0.2) is 21.2 Å². The van der Waals surface area contributed by atoms with Gasteiger partial charge in [0, 0.05) is 0 Å². The molecule has 0 saturated carbocycles. The van der Waals surface area contributed by atoms with Gasteiger partial charge in [-0.3, -0.25) is 0 Å². The Balaban J connectivity index is 1.80. The van der Waals surface area contributed by atoms with Gasteiger partial charge >= 0.3 is 0 Å². The molecule has 0 saturated heterocycles. The smallest absolute Gasteiger partial charge is 0.198 e. The van der Waals surface area contributed by atoms with Gasteiger partial charge in [-0.2, -0.15) is 0 Å². The molecule has 4 heterocycles. The molecule has 4 rings (SSSR count). The van der Waals surface area contributed by atoms with E-state index in [0.717, 1.165) is 16.1 Å². The van der Waals surface area contributed by atoms with Crippen molar-refractivity contribution in [1.82, 2.24) is 39.9 Å². The second-order valence-corrected chi connectivity index (χ2v) is 5.24. The van der Waals surface area contributed by atoms with Gasteiger partial charge in [-0.1, -0.05) is 0 Å². The van der Waals surface area contributed by atoms with Crippen molar-refractivity contribution in [2.45, 2.75) is 10.2 Å². The van der Waals surface area contributed by atoms with Crippen molar-refractivity contribution in [2.24, 2.45) is 0 Å². The minimum atomic E-state index is 0.401. The summed E-state index contributed by atoms with van der Waals surface area (Å²) in [6.45, 7) is 0. The van der Waals surface area contributed by atoms with Gasteiger partial charge in [0.1, 0.15) is 22.4 Å². The van der Waals surface area contributed by atoms with Gasteiger partial charge in [-0.05, 0) is 24.0 Å². The Morgan fingerprint density at radius 1 is 1.10 bits per heavy atom. The van der Waals surface area contributed by atoms with E-state index in [1.54, 1.807) is 12.5 Å². The molecule has 4 aromatic heterocycles. The second kappa shape index (κ2) is 4.35. The molecule has 0 amide bonds. The van der Waals surface area contributed by atoms with Crippen LogP contribution in [0.3, 0.4) is 0 Å². The van der Waals surface area contributed by atoms with Gasteiger partial charge in [0.05, 0.1) is 12.5 Å². The molecule has 4 aromatic rings. The summed E-state index contributed by atoms with van der Waals surface area (Å²) in [4.78, 5) is 29.9. The fraction of sp³-hybridized carbons (Fsp3) is 0. The van der Waals surface area contributed by atoms with Gasteiger partial charge in [0.25, 0.3) is 0 Å². The zero-order chi connectivity index (χ0) is 13.5. The first-order chi connectivity index (χ1) is 9.79. The lowest BCUT2D eigenvalue weighted by Gasteiger charge is -1.96. The van der Waals surface area contributed by atoms with Crippen LogP contribution in [0.4, 0.5) is 0 Å². The van der Waals surface area contributed by atoms with E-state index in [1.807, 2.05) is 0 Å². The number of hydrogen-bond acceptors (Lipinski definition) is 7. The van der Waals surface area contributed by atoms with Crippen LogP contribution in [0, 0.1) is 4.77 Å². The zero-order valence-corrected chi connectivity index (χ0v) is 11.4. The van der Waals surface area contributed by atoms with Crippen LogP contribution in [0.25, 0.3) is 22.3 Å². The summed E-state index contributed by atoms with van der Waals surface area (Å²) in [7, 11) is 0. The van der Waals surface area contributed by atoms with E-state index in [-0.39, 0.29) is 0 Å². The number of H-pyrrole nitrogens is 3. The molecule has 20 heavy (non-hydrogen) atoms. The number of fused-ring (bicyclic) bond motifs is 2. The molecule has 0 aliphatic heterocycles. The third-order valence-corrected chi connectivity index (χ3v) is 3.72. The van der Waals surface area contributed by atoms with Crippen LogP contribution in [0.1, 0.15) is 0 Å². The molecule has 0 aliphatic carbocycles. The lowest BCUT2D eigenvalue weighted by molar-refractivity contribution is 1.04. The Morgan fingerprint density at radius 2 is 2.05 bits per heavy atom. The molecule has 10 heteroatoms. The first-order valence-corrected chi connectivity index (χ1v) is 6.79. The first-order valence-electron chi connectivity index (χ1n) is 5.56. The van der Waals surface area contributed by atoms with Crippen molar-refractivity contribution in [2.75, 3.05) is 0 Å².